The molecule has 1 saturated carbocycles. The number of benzene rings is 1. The van der Waals surface area contributed by atoms with E-state index in [1.165, 1.54) is 0 Å². The van der Waals surface area contributed by atoms with Crippen LogP contribution >= 0.6 is 0 Å². The van der Waals surface area contributed by atoms with Crippen LogP contribution in [0.4, 0.5) is 0 Å². The van der Waals surface area contributed by atoms with Gasteiger partial charge < -0.3 is 5.11 Å². The van der Waals surface area contributed by atoms with Crippen LogP contribution in [0.1, 0.15) is 36.8 Å². The average molecular weight is 304 g/mol. The summed E-state index contributed by atoms with van der Waals surface area (Å²) in [6, 6.07) is 4.06. The minimum atomic E-state index is -1.10. The fraction of sp³-hybridized carbons (Fsp3) is 0.316. The zero-order chi connectivity index (χ0) is 16.0. The molecule has 0 bridgehead atoms. The molecule has 0 saturated heterocycles. The highest BCUT2D eigenvalue weighted by molar-refractivity contribution is 5.87. The summed E-state index contributed by atoms with van der Waals surface area (Å²) in [7, 11) is 0. The van der Waals surface area contributed by atoms with E-state index < -0.39 is 11.4 Å². The zero-order valence-corrected chi connectivity index (χ0v) is 12.6. The maximum Gasteiger partial charge on any atom is 0.322 e. The van der Waals surface area contributed by atoms with Gasteiger partial charge in [0.25, 0.3) is 0 Å². The number of carboxylic acid groups (broad SMARTS) is 1. The first-order valence-corrected chi connectivity index (χ1v) is 7.84. The number of carboxylic acids is 1. The number of allylic oxidation sites excluding steroid dienone is 1. The molecule has 1 aromatic rings. The Morgan fingerprint density at radius 3 is 2.96 bits per heavy atom. The molecule has 0 aromatic heterocycles. The van der Waals surface area contributed by atoms with Gasteiger partial charge in [-0.1, -0.05) is 30.9 Å². The Morgan fingerprint density at radius 2 is 2.17 bits per heavy atom. The van der Waals surface area contributed by atoms with E-state index in [2.05, 4.69) is 22.2 Å². The summed E-state index contributed by atoms with van der Waals surface area (Å²) in [5, 5.41) is 19.8. The van der Waals surface area contributed by atoms with Gasteiger partial charge in [0, 0.05) is 11.5 Å². The zero-order valence-electron chi connectivity index (χ0n) is 12.6. The van der Waals surface area contributed by atoms with Crippen molar-refractivity contribution in [3.63, 3.8) is 0 Å². The average Bonchev–Trinajstić information content (AvgIpc) is 3.18. The molecule has 1 N–H and O–H groups in total. The molecule has 3 aliphatic rings. The van der Waals surface area contributed by atoms with E-state index in [1.807, 2.05) is 18.2 Å². The predicted molar refractivity (Wildman–Crippen MR) is 88.1 cm³/mol. The molecule has 1 aliphatic heterocycles. The first-order chi connectivity index (χ1) is 11.2. The van der Waals surface area contributed by atoms with Gasteiger partial charge in [-0.25, -0.2) is 0 Å². The fourth-order valence-electron chi connectivity index (χ4n) is 4.01. The summed E-state index contributed by atoms with van der Waals surface area (Å²) in [5.41, 5.74) is 1.98. The Balaban J connectivity index is 1.93. The molecule has 2 unspecified atom stereocenters. The van der Waals surface area contributed by atoms with E-state index in [1.54, 1.807) is 6.21 Å². The van der Waals surface area contributed by atoms with E-state index in [0.29, 0.717) is 6.42 Å². The van der Waals surface area contributed by atoms with Crippen LogP contribution in [0, 0.1) is 23.7 Å². The second-order valence-electron chi connectivity index (χ2n) is 6.35. The number of rotatable bonds is 2. The summed E-state index contributed by atoms with van der Waals surface area (Å²) in [5.74, 6) is 1.60. The van der Waals surface area contributed by atoms with Crippen molar-refractivity contribution in [2.75, 3.05) is 0 Å². The number of carbonyl (C=O) groups is 1. The van der Waals surface area contributed by atoms with E-state index in [9.17, 15) is 9.90 Å². The van der Waals surface area contributed by atoms with Gasteiger partial charge in [-0.2, -0.15) is 10.2 Å². The topological polar surface area (TPSA) is 62.0 Å². The minimum Gasteiger partial charge on any atom is -0.480 e. The standard InChI is InChI=1S/C19H16N2O2/c1-2-19(18(22)23)8-4-3-5-16(19)14-7-6-12-10-17-13(9-15(12)14)11-20-21-17/h1,6-7,9-11,16H,3-5,8H2,(H,22,23). The number of fused-ring (bicyclic) bond motifs is 2. The summed E-state index contributed by atoms with van der Waals surface area (Å²) in [4.78, 5) is 12.0. The van der Waals surface area contributed by atoms with Gasteiger partial charge >= 0.3 is 5.97 Å². The lowest BCUT2D eigenvalue weighted by Crippen LogP contribution is -2.41. The highest BCUT2D eigenvalue weighted by Gasteiger charge is 2.47. The molecule has 4 heteroatoms. The van der Waals surface area contributed by atoms with Crippen molar-refractivity contribution in [3.05, 3.63) is 39.9 Å². The van der Waals surface area contributed by atoms with E-state index >= 15 is 0 Å². The molecular weight excluding hydrogens is 288 g/mol. The van der Waals surface area contributed by atoms with Crippen molar-refractivity contribution >= 4 is 23.8 Å². The Labute approximate surface area is 133 Å². The minimum absolute atomic E-state index is 0.149. The van der Waals surface area contributed by atoms with Crippen LogP contribution in [0.5, 0.6) is 0 Å². The maximum absolute atomic E-state index is 12.0. The van der Waals surface area contributed by atoms with Crippen LogP contribution in [-0.4, -0.2) is 17.3 Å². The first-order valence-electron chi connectivity index (χ1n) is 7.84. The lowest BCUT2D eigenvalue weighted by Gasteiger charge is -2.37. The third-order valence-electron chi connectivity index (χ3n) is 5.24. The third kappa shape index (κ3) is 1.90. The van der Waals surface area contributed by atoms with E-state index in [-0.39, 0.29) is 5.92 Å². The number of nitrogens with zero attached hydrogens (tertiary/aromatic N) is 2. The van der Waals surface area contributed by atoms with Gasteiger partial charge in [0.1, 0.15) is 5.41 Å². The second-order valence-corrected chi connectivity index (χ2v) is 6.35. The Kier molecular flexibility index (Phi) is 2.99. The van der Waals surface area contributed by atoms with Gasteiger partial charge in [0.05, 0.1) is 11.6 Å². The molecular formula is C19H16N2O2. The van der Waals surface area contributed by atoms with Crippen molar-refractivity contribution in [3.8, 4) is 12.3 Å². The van der Waals surface area contributed by atoms with Crippen molar-refractivity contribution in [2.24, 2.45) is 21.5 Å². The van der Waals surface area contributed by atoms with Crippen molar-refractivity contribution in [1.29, 1.82) is 0 Å². The van der Waals surface area contributed by atoms with Gasteiger partial charge in [-0.15, -0.1) is 6.42 Å². The largest absolute Gasteiger partial charge is 0.480 e. The van der Waals surface area contributed by atoms with Gasteiger partial charge in [-0.05, 0) is 41.3 Å². The fourth-order valence-corrected chi connectivity index (χ4v) is 4.01. The second kappa shape index (κ2) is 4.92. The number of terminal acetylenes is 1. The van der Waals surface area contributed by atoms with Crippen LogP contribution in [0.2, 0.25) is 0 Å². The van der Waals surface area contributed by atoms with Crippen molar-refractivity contribution in [1.82, 2.24) is 0 Å². The Hall–Kier alpha value is -2.67. The number of aliphatic carboxylic acids is 1. The van der Waals surface area contributed by atoms with Crippen LogP contribution in [0.15, 0.2) is 28.4 Å². The number of hydrogen-bond donors (Lipinski definition) is 1. The quantitative estimate of drug-likeness (QED) is 0.846. The molecule has 1 aromatic carbocycles. The monoisotopic (exact) mass is 304 g/mol. The molecule has 0 radical (unpaired) electrons. The van der Waals surface area contributed by atoms with E-state index in [0.717, 1.165) is 46.5 Å². The van der Waals surface area contributed by atoms with Gasteiger partial charge in [0.2, 0.25) is 0 Å². The van der Waals surface area contributed by atoms with Gasteiger partial charge in [-0.3, -0.25) is 4.79 Å². The molecule has 114 valence electrons. The molecule has 4 nitrogen and oxygen atoms in total. The summed E-state index contributed by atoms with van der Waals surface area (Å²) in [6.07, 6.45) is 14.7. The normalized spacial score (nSPS) is 27.3. The highest BCUT2D eigenvalue weighted by atomic mass is 16.4. The summed E-state index contributed by atoms with van der Waals surface area (Å²) < 4.78 is 0. The maximum atomic E-state index is 12.0. The lowest BCUT2D eigenvalue weighted by atomic mass is 9.64. The molecule has 1 fully saturated rings. The van der Waals surface area contributed by atoms with Crippen LogP contribution in [0.3, 0.4) is 0 Å². The molecule has 23 heavy (non-hydrogen) atoms. The van der Waals surface area contributed by atoms with Crippen LogP contribution in [-0.2, 0) is 4.79 Å². The molecule has 4 rings (SSSR count). The molecule has 0 amide bonds. The summed E-state index contributed by atoms with van der Waals surface area (Å²) >= 11 is 0. The molecule has 1 heterocycles. The van der Waals surface area contributed by atoms with Gasteiger partial charge in [0.15, 0.2) is 0 Å². The molecule has 0 spiro atoms. The third-order valence-corrected chi connectivity index (χ3v) is 5.24. The van der Waals surface area contributed by atoms with Crippen molar-refractivity contribution < 1.29 is 9.90 Å². The SMILES string of the molecule is C#CC1(C(=O)O)CCCCC1C1=c2cc3c(cc2C=C1)=NN=C3. The smallest absolute Gasteiger partial charge is 0.322 e. The van der Waals surface area contributed by atoms with Crippen LogP contribution < -0.4 is 10.6 Å². The Morgan fingerprint density at radius 1 is 1.30 bits per heavy atom. The number of hydrogen-bond acceptors (Lipinski definition) is 3. The predicted octanol–water partition coefficient (Wildman–Crippen LogP) is 1.73. The molecule has 2 atom stereocenters. The van der Waals surface area contributed by atoms with Crippen LogP contribution in [0.25, 0.3) is 11.6 Å². The first kappa shape index (κ1) is 14.0. The van der Waals surface area contributed by atoms with Crippen molar-refractivity contribution in [2.45, 2.75) is 25.7 Å². The molecule has 2 aliphatic carbocycles. The lowest BCUT2D eigenvalue weighted by molar-refractivity contribution is -0.148. The van der Waals surface area contributed by atoms with E-state index in [4.69, 9.17) is 6.42 Å². The summed E-state index contributed by atoms with van der Waals surface area (Å²) in [6.45, 7) is 0. The highest BCUT2D eigenvalue weighted by Crippen LogP contribution is 2.46. The Bertz CT molecular complexity index is 933.